The van der Waals surface area contributed by atoms with Crippen LogP contribution in [0, 0.1) is 17.8 Å². The molecule has 1 aliphatic carbocycles. The molecule has 0 spiro atoms. The maximum Gasteiger partial charge on any atom is 0.0431 e. The Morgan fingerprint density at radius 3 is 1.81 bits per heavy atom. The van der Waals surface area contributed by atoms with Gasteiger partial charge in [-0.15, -0.1) is 5.92 Å². The summed E-state index contributed by atoms with van der Waals surface area (Å²) in [5, 5.41) is 8.78. The van der Waals surface area contributed by atoms with Crippen molar-refractivity contribution in [3.8, 4) is 11.8 Å². The molecule has 2 aromatic rings. The molecule has 0 aromatic heterocycles. The van der Waals surface area contributed by atoms with Crippen molar-refractivity contribution in [3.63, 3.8) is 0 Å². The Kier molecular flexibility index (Phi) is 7.55. The fraction of sp³-hybridized carbons (Fsp3) is 0.462. The van der Waals surface area contributed by atoms with Crippen LogP contribution >= 0.6 is 0 Å². The van der Waals surface area contributed by atoms with Gasteiger partial charge in [-0.3, -0.25) is 0 Å². The van der Waals surface area contributed by atoms with Gasteiger partial charge in [0.2, 0.25) is 0 Å². The Morgan fingerprint density at radius 1 is 0.741 bits per heavy atom. The summed E-state index contributed by atoms with van der Waals surface area (Å²) in [6, 6.07) is 21.8. The highest BCUT2D eigenvalue weighted by Gasteiger charge is 2.55. The Hall–Kier alpha value is -2.04. The Morgan fingerprint density at radius 2 is 1.26 bits per heavy atom. The molecule has 1 nitrogen and oxygen atoms in total. The molecule has 1 atom stereocenters. The summed E-state index contributed by atoms with van der Waals surface area (Å²) < 4.78 is 0. The highest BCUT2D eigenvalue weighted by Crippen LogP contribution is 2.58. The van der Waals surface area contributed by atoms with Gasteiger partial charge in [0.05, 0.1) is 0 Å². The first-order valence-electron chi connectivity index (χ1n) is 10.6. The van der Waals surface area contributed by atoms with Gasteiger partial charge in [0, 0.05) is 24.4 Å². The summed E-state index contributed by atoms with van der Waals surface area (Å²) >= 11 is 0. The van der Waals surface area contributed by atoms with Crippen LogP contribution in [0.15, 0.2) is 60.7 Å². The molecular formula is C26H32O. The third kappa shape index (κ3) is 5.24. The first kappa shape index (κ1) is 19.7. The van der Waals surface area contributed by atoms with Crippen molar-refractivity contribution in [2.75, 3.05) is 6.61 Å². The van der Waals surface area contributed by atoms with E-state index in [9.17, 15) is 0 Å². The third-order valence-electron chi connectivity index (χ3n) is 5.77. The molecule has 142 valence electrons. The summed E-state index contributed by atoms with van der Waals surface area (Å²) in [7, 11) is 0. The van der Waals surface area contributed by atoms with Gasteiger partial charge >= 0.3 is 0 Å². The molecule has 27 heavy (non-hydrogen) atoms. The van der Waals surface area contributed by atoms with Crippen LogP contribution < -0.4 is 0 Å². The van der Waals surface area contributed by atoms with Gasteiger partial charge in [0.1, 0.15) is 0 Å². The highest BCUT2D eigenvalue weighted by molar-refractivity contribution is 5.50. The molecule has 0 radical (unpaired) electrons. The summed E-state index contributed by atoms with van der Waals surface area (Å²) in [6.45, 7) is 0.338. The maximum absolute atomic E-state index is 8.78. The minimum atomic E-state index is 0.0994. The molecule has 0 aliphatic heterocycles. The van der Waals surface area contributed by atoms with E-state index in [4.69, 9.17) is 5.11 Å². The molecule has 1 aliphatic rings. The van der Waals surface area contributed by atoms with Crippen LogP contribution in [0.1, 0.15) is 68.9 Å². The van der Waals surface area contributed by atoms with Crippen LogP contribution in [-0.4, -0.2) is 11.7 Å². The predicted molar refractivity (Wildman–Crippen MR) is 114 cm³/mol. The first-order valence-corrected chi connectivity index (χ1v) is 10.6. The Balaban J connectivity index is 1.49. The van der Waals surface area contributed by atoms with Crippen LogP contribution in [0.5, 0.6) is 0 Å². The Labute approximate surface area is 164 Å². The molecule has 2 aromatic carbocycles. The average Bonchev–Trinajstić information content (AvgIpc) is 3.46. The zero-order valence-corrected chi connectivity index (χ0v) is 16.4. The van der Waals surface area contributed by atoms with Crippen LogP contribution in [0.2, 0.25) is 0 Å². The fourth-order valence-corrected chi connectivity index (χ4v) is 4.12. The van der Waals surface area contributed by atoms with Crippen molar-refractivity contribution < 1.29 is 5.11 Å². The minimum absolute atomic E-state index is 0.0994. The summed E-state index contributed by atoms with van der Waals surface area (Å²) in [5.74, 6) is 7.50. The minimum Gasteiger partial charge on any atom is -0.396 e. The van der Waals surface area contributed by atoms with E-state index in [1.54, 1.807) is 0 Å². The lowest BCUT2D eigenvalue weighted by molar-refractivity contribution is 0.282. The molecule has 1 N–H and O–H groups in total. The number of aliphatic hydroxyl groups is 1. The van der Waals surface area contributed by atoms with E-state index in [0.717, 1.165) is 19.3 Å². The lowest BCUT2D eigenvalue weighted by Gasteiger charge is -2.17. The van der Waals surface area contributed by atoms with E-state index < -0.39 is 0 Å². The van der Waals surface area contributed by atoms with Gasteiger partial charge in [-0.1, -0.05) is 98.7 Å². The van der Waals surface area contributed by atoms with Crippen LogP contribution in [0.4, 0.5) is 0 Å². The van der Waals surface area contributed by atoms with Crippen molar-refractivity contribution in [2.24, 2.45) is 5.92 Å². The summed E-state index contributed by atoms with van der Waals surface area (Å²) in [5.41, 5.74) is 2.90. The SMILES string of the molecule is OCCCCCCCCCC#CC1CC1(c1ccccc1)c1ccccc1. The van der Waals surface area contributed by atoms with E-state index in [-0.39, 0.29) is 5.41 Å². The number of benzene rings is 2. The standard InChI is InChI=1S/C26H32O/c27-21-15-7-5-3-1-2-4-6-10-20-25-22-26(25,23-16-11-8-12-17-23)24-18-13-9-14-19-24/h8-9,11-14,16-19,25,27H,1-7,15,21-22H2. The van der Waals surface area contributed by atoms with Crippen molar-refractivity contribution in [1.82, 2.24) is 0 Å². The normalized spacial score (nSPS) is 17.1. The molecule has 0 bridgehead atoms. The second-order valence-corrected chi connectivity index (χ2v) is 7.73. The zero-order valence-electron chi connectivity index (χ0n) is 16.4. The average molecular weight is 361 g/mol. The van der Waals surface area contributed by atoms with E-state index >= 15 is 0 Å². The topological polar surface area (TPSA) is 20.2 Å². The van der Waals surface area contributed by atoms with Crippen molar-refractivity contribution in [1.29, 1.82) is 0 Å². The molecule has 1 heteroatoms. The van der Waals surface area contributed by atoms with Gasteiger partial charge in [0.25, 0.3) is 0 Å². The molecule has 1 unspecified atom stereocenters. The maximum atomic E-state index is 8.78. The highest BCUT2D eigenvalue weighted by atomic mass is 16.2. The lowest BCUT2D eigenvalue weighted by Crippen LogP contribution is -2.11. The fourth-order valence-electron chi connectivity index (χ4n) is 4.12. The van der Waals surface area contributed by atoms with E-state index in [2.05, 4.69) is 72.5 Å². The van der Waals surface area contributed by atoms with Gasteiger partial charge < -0.3 is 5.11 Å². The van der Waals surface area contributed by atoms with Crippen molar-refractivity contribution >= 4 is 0 Å². The molecule has 3 rings (SSSR count). The van der Waals surface area contributed by atoms with E-state index in [1.165, 1.54) is 49.7 Å². The van der Waals surface area contributed by atoms with Crippen LogP contribution in [0.25, 0.3) is 0 Å². The van der Waals surface area contributed by atoms with Crippen LogP contribution in [0.3, 0.4) is 0 Å². The second kappa shape index (κ2) is 10.3. The number of unbranched alkanes of at least 4 members (excludes halogenated alkanes) is 7. The number of hydrogen-bond donors (Lipinski definition) is 1. The second-order valence-electron chi connectivity index (χ2n) is 7.73. The predicted octanol–water partition coefficient (Wildman–Crippen LogP) is 6.11. The molecule has 0 saturated heterocycles. The monoisotopic (exact) mass is 360 g/mol. The lowest BCUT2D eigenvalue weighted by atomic mass is 9.86. The molecule has 1 fully saturated rings. The molecule has 0 amide bonds. The largest absolute Gasteiger partial charge is 0.396 e. The third-order valence-corrected chi connectivity index (χ3v) is 5.77. The Bertz CT molecular complexity index is 684. The number of rotatable bonds is 10. The smallest absolute Gasteiger partial charge is 0.0431 e. The van der Waals surface area contributed by atoms with Gasteiger partial charge in [-0.25, -0.2) is 0 Å². The van der Waals surface area contributed by atoms with Crippen LogP contribution in [-0.2, 0) is 5.41 Å². The number of aliphatic hydroxyl groups excluding tert-OH is 1. The summed E-state index contributed by atoms with van der Waals surface area (Å²) in [6.07, 6.45) is 10.6. The van der Waals surface area contributed by atoms with Gasteiger partial charge in [0.15, 0.2) is 0 Å². The molecule has 0 heterocycles. The van der Waals surface area contributed by atoms with Crippen molar-refractivity contribution in [2.45, 2.75) is 63.2 Å². The quantitative estimate of drug-likeness (QED) is 0.400. The molecular weight excluding hydrogens is 328 g/mol. The van der Waals surface area contributed by atoms with E-state index in [0.29, 0.717) is 12.5 Å². The summed E-state index contributed by atoms with van der Waals surface area (Å²) in [4.78, 5) is 0. The molecule has 1 saturated carbocycles. The van der Waals surface area contributed by atoms with Gasteiger partial charge in [-0.05, 0) is 30.4 Å². The first-order chi connectivity index (χ1) is 13.4. The van der Waals surface area contributed by atoms with Gasteiger partial charge in [-0.2, -0.15) is 0 Å². The number of hydrogen-bond acceptors (Lipinski definition) is 1. The van der Waals surface area contributed by atoms with Crippen molar-refractivity contribution in [3.05, 3.63) is 71.8 Å². The zero-order chi connectivity index (χ0) is 18.8. The van der Waals surface area contributed by atoms with E-state index in [1.807, 2.05) is 0 Å².